The molecule has 0 saturated heterocycles. The van der Waals surface area contributed by atoms with E-state index in [1.54, 1.807) is 0 Å². The minimum atomic E-state index is 0.933. The van der Waals surface area contributed by atoms with Gasteiger partial charge in [0.15, 0.2) is 0 Å². The van der Waals surface area contributed by atoms with Crippen LogP contribution in [0.5, 0.6) is 0 Å². The van der Waals surface area contributed by atoms with Crippen LogP contribution in [-0.2, 0) is 0 Å². The van der Waals surface area contributed by atoms with Gasteiger partial charge in [0.1, 0.15) is 0 Å². The van der Waals surface area contributed by atoms with E-state index in [0.717, 1.165) is 23.7 Å². The van der Waals surface area contributed by atoms with Crippen molar-refractivity contribution in [3.63, 3.8) is 0 Å². The highest BCUT2D eigenvalue weighted by Crippen LogP contribution is 2.37. The highest BCUT2D eigenvalue weighted by atomic mass is 14.3. The minimum absolute atomic E-state index is 0.933. The molecule has 0 heterocycles. The molecule has 14 heavy (non-hydrogen) atoms. The van der Waals surface area contributed by atoms with Crippen LogP contribution in [0.3, 0.4) is 0 Å². The van der Waals surface area contributed by atoms with Crippen molar-refractivity contribution < 1.29 is 0 Å². The highest BCUT2D eigenvalue weighted by molar-refractivity contribution is 4.77. The molecule has 0 aliphatic heterocycles. The van der Waals surface area contributed by atoms with Crippen LogP contribution in [-0.4, -0.2) is 0 Å². The monoisotopic (exact) mass is 196 g/mol. The zero-order valence-electron chi connectivity index (χ0n) is 10.6. The molecule has 0 radical (unpaired) electrons. The van der Waals surface area contributed by atoms with Crippen LogP contribution in [0, 0.1) is 23.7 Å². The largest absolute Gasteiger partial charge is 0.0651 e. The quantitative estimate of drug-likeness (QED) is 0.564. The van der Waals surface area contributed by atoms with E-state index in [0.29, 0.717) is 0 Å². The average Bonchev–Trinajstić information content (AvgIpc) is 2.32. The minimum Gasteiger partial charge on any atom is -0.0651 e. The van der Waals surface area contributed by atoms with E-state index >= 15 is 0 Å². The van der Waals surface area contributed by atoms with Gasteiger partial charge in [0.25, 0.3) is 0 Å². The Morgan fingerprint density at radius 1 is 1.07 bits per heavy atom. The van der Waals surface area contributed by atoms with E-state index in [1.165, 1.54) is 38.5 Å². The lowest BCUT2D eigenvalue weighted by atomic mass is 9.77. The molecule has 1 saturated carbocycles. The van der Waals surface area contributed by atoms with Crippen molar-refractivity contribution in [2.24, 2.45) is 23.7 Å². The fourth-order valence-electron chi connectivity index (χ4n) is 3.02. The molecule has 0 bridgehead atoms. The fourth-order valence-corrected chi connectivity index (χ4v) is 3.02. The standard InChI is InChI=1S/C14H28/c1-5-11(2)10-14-12(3)8-6-7-9-13(14)4/h11-14H,5-10H2,1-4H3. The van der Waals surface area contributed by atoms with E-state index in [2.05, 4.69) is 27.7 Å². The Bertz CT molecular complexity index is 138. The Hall–Kier alpha value is 0. The first kappa shape index (κ1) is 12.1. The number of rotatable bonds is 3. The van der Waals surface area contributed by atoms with Gasteiger partial charge in [-0.15, -0.1) is 0 Å². The summed E-state index contributed by atoms with van der Waals surface area (Å²) in [5, 5.41) is 0. The lowest BCUT2D eigenvalue weighted by Gasteiger charge is -2.29. The Balaban J connectivity index is 2.51. The molecule has 0 nitrogen and oxygen atoms in total. The summed E-state index contributed by atoms with van der Waals surface area (Å²) in [5.74, 6) is 3.89. The molecule has 0 aromatic heterocycles. The van der Waals surface area contributed by atoms with Crippen molar-refractivity contribution in [2.75, 3.05) is 0 Å². The summed E-state index contributed by atoms with van der Waals surface area (Å²) in [4.78, 5) is 0. The van der Waals surface area contributed by atoms with Crippen LogP contribution in [0.25, 0.3) is 0 Å². The number of hydrogen-bond donors (Lipinski definition) is 0. The molecule has 1 fully saturated rings. The lowest BCUT2D eigenvalue weighted by Crippen LogP contribution is -2.20. The zero-order valence-corrected chi connectivity index (χ0v) is 10.6. The van der Waals surface area contributed by atoms with Gasteiger partial charge in [-0.3, -0.25) is 0 Å². The summed E-state index contributed by atoms with van der Waals surface area (Å²) in [6, 6.07) is 0. The van der Waals surface area contributed by atoms with Crippen molar-refractivity contribution in [2.45, 2.75) is 66.2 Å². The molecule has 0 spiro atoms. The van der Waals surface area contributed by atoms with Crippen LogP contribution in [0.4, 0.5) is 0 Å². The van der Waals surface area contributed by atoms with E-state index in [1.807, 2.05) is 0 Å². The molecule has 0 amide bonds. The third kappa shape index (κ3) is 3.29. The normalized spacial score (nSPS) is 36.4. The van der Waals surface area contributed by atoms with Crippen molar-refractivity contribution in [3.8, 4) is 0 Å². The van der Waals surface area contributed by atoms with Crippen LogP contribution in [0.2, 0.25) is 0 Å². The third-order valence-corrected chi connectivity index (χ3v) is 4.40. The van der Waals surface area contributed by atoms with Gasteiger partial charge in [-0.25, -0.2) is 0 Å². The number of hydrogen-bond acceptors (Lipinski definition) is 0. The van der Waals surface area contributed by atoms with Crippen LogP contribution >= 0.6 is 0 Å². The first-order chi connectivity index (χ1) is 6.65. The van der Waals surface area contributed by atoms with Crippen molar-refractivity contribution in [1.82, 2.24) is 0 Å². The Labute approximate surface area is 90.5 Å². The molecule has 0 aromatic carbocycles. The van der Waals surface area contributed by atoms with E-state index in [4.69, 9.17) is 0 Å². The second-order valence-corrected chi connectivity index (χ2v) is 5.65. The smallest absolute Gasteiger partial charge is 0.0360 e. The summed E-state index contributed by atoms with van der Waals surface area (Å²) in [6.45, 7) is 9.71. The Morgan fingerprint density at radius 3 is 2.00 bits per heavy atom. The first-order valence-corrected chi connectivity index (χ1v) is 6.65. The van der Waals surface area contributed by atoms with Crippen molar-refractivity contribution >= 4 is 0 Å². The SMILES string of the molecule is CCC(C)CC1C(C)CCCCC1C. The van der Waals surface area contributed by atoms with E-state index in [9.17, 15) is 0 Å². The van der Waals surface area contributed by atoms with Crippen LogP contribution < -0.4 is 0 Å². The molecular weight excluding hydrogens is 168 g/mol. The maximum absolute atomic E-state index is 2.48. The highest BCUT2D eigenvalue weighted by Gasteiger charge is 2.26. The fraction of sp³-hybridized carbons (Fsp3) is 1.00. The van der Waals surface area contributed by atoms with Gasteiger partial charge in [-0.05, 0) is 30.1 Å². The molecule has 0 heteroatoms. The molecule has 84 valence electrons. The average molecular weight is 196 g/mol. The maximum Gasteiger partial charge on any atom is -0.0360 e. The van der Waals surface area contributed by atoms with Gasteiger partial charge in [-0.2, -0.15) is 0 Å². The Morgan fingerprint density at radius 2 is 1.57 bits per heavy atom. The van der Waals surface area contributed by atoms with Gasteiger partial charge in [-0.1, -0.05) is 59.8 Å². The molecule has 1 aliphatic carbocycles. The van der Waals surface area contributed by atoms with Crippen molar-refractivity contribution in [3.05, 3.63) is 0 Å². The molecule has 1 aliphatic rings. The third-order valence-electron chi connectivity index (χ3n) is 4.40. The summed E-state index contributed by atoms with van der Waals surface area (Å²) in [7, 11) is 0. The summed E-state index contributed by atoms with van der Waals surface area (Å²) in [5.41, 5.74) is 0. The summed E-state index contributed by atoms with van der Waals surface area (Å²) >= 11 is 0. The molecular formula is C14H28. The topological polar surface area (TPSA) is 0 Å². The molecule has 3 atom stereocenters. The summed E-state index contributed by atoms with van der Waals surface area (Å²) < 4.78 is 0. The first-order valence-electron chi connectivity index (χ1n) is 6.65. The molecule has 0 aromatic rings. The van der Waals surface area contributed by atoms with Gasteiger partial charge in [0.2, 0.25) is 0 Å². The lowest BCUT2D eigenvalue weighted by molar-refractivity contribution is 0.210. The van der Waals surface area contributed by atoms with Gasteiger partial charge >= 0.3 is 0 Å². The van der Waals surface area contributed by atoms with Gasteiger partial charge in [0.05, 0.1) is 0 Å². The Kier molecular flexibility index (Phi) is 4.98. The van der Waals surface area contributed by atoms with Gasteiger partial charge in [0, 0.05) is 0 Å². The zero-order chi connectivity index (χ0) is 10.6. The molecule has 0 N–H and O–H groups in total. The summed E-state index contributed by atoms with van der Waals surface area (Å²) in [6.07, 6.45) is 8.73. The second kappa shape index (κ2) is 5.78. The van der Waals surface area contributed by atoms with Gasteiger partial charge < -0.3 is 0 Å². The maximum atomic E-state index is 2.48. The van der Waals surface area contributed by atoms with Crippen LogP contribution in [0.15, 0.2) is 0 Å². The van der Waals surface area contributed by atoms with E-state index in [-0.39, 0.29) is 0 Å². The predicted molar refractivity (Wildman–Crippen MR) is 64.4 cm³/mol. The molecule has 3 unspecified atom stereocenters. The van der Waals surface area contributed by atoms with Crippen molar-refractivity contribution in [1.29, 1.82) is 0 Å². The predicted octanol–water partition coefficient (Wildman–Crippen LogP) is 4.89. The van der Waals surface area contributed by atoms with Crippen LogP contribution in [0.1, 0.15) is 66.2 Å². The van der Waals surface area contributed by atoms with E-state index < -0.39 is 0 Å². The molecule has 1 rings (SSSR count). The second-order valence-electron chi connectivity index (χ2n) is 5.65.